The van der Waals surface area contributed by atoms with Crippen LogP contribution in [-0.4, -0.2) is 37.4 Å². The number of thiazole rings is 1. The van der Waals surface area contributed by atoms with Gasteiger partial charge in [0, 0.05) is 43.0 Å². The standard InChI is InChI=1S/C13H12ClN5OS/c1-18(8-9-6-15-16-7-9)11(20)3-2-10-12(14)17-13-19(10)4-5-21-13/h2-7H,8H2,1H3,(H,15,16). The number of rotatable bonds is 4. The van der Waals surface area contributed by atoms with Crippen molar-refractivity contribution in [2.24, 2.45) is 0 Å². The number of nitrogens with zero attached hydrogens (tertiary/aromatic N) is 4. The van der Waals surface area contributed by atoms with E-state index in [1.165, 1.54) is 17.4 Å². The van der Waals surface area contributed by atoms with E-state index in [-0.39, 0.29) is 5.91 Å². The number of carbonyl (C=O) groups is 1. The average molecular weight is 322 g/mol. The Bertz CT molecular complexity index is 789. The van der Waals surface area contributed by atoms with Crippen molar-refractivity contribution < 1.29 is 4.79 Å². The van der Waals surface area contributed by atoms with Crippen LogP contribution in [0, 0.1) is 0 Å². The van der Waals surface area contributed by atoms with E-state index in [0.717, 1.165) is 10.5 Å². The summed E-state index contributed by atoms with van der Waals surface area (Å²) in [6.45, 7) is 0.494. The lowest BCUT2D eigenvalue weighted by molar-refractivity contribution is -0.125. The fraction of sp³-hybridized carbons (Fsp3) is 0.154. The molecule has 0 fully saturated rings. The molecule has 3 aromatic rings. The zero-order valence-corrected chi connectivity index (χ0v) is 12.7. The summed E-state index contributed by atoms with van der Waals surface area (Å²) >= 11 is 7.57. The molecular weight excluding hydrogens is 310 g/mol. The molecule has 8 heteroatoms. The molecule has 0 saturated heterocycles. The number of nitrogens with one attached hydrogen (secondary N) is 1. The lowest BCUT2D eigenvalue weighted by Gasteiger charge is -2.13. The highest BCUT2D eigenvalue weighted by atomic mass is 35.5. The molecule has 0 saturated carbocycles. The molecule has 21 heavy (non-hydrogen) atoms. The molecule has 0 aromatic carbocycles. The van der Waals surface area contributed by atoms with Crippen LogP contribution in [0.5, 0.6) is 0 Å². The maximum Gasteiger partial charge on any atom is 0.246 e. The van der Waals surface area contributed by atoms with E-state index in [9.17, 15) is 4.79 Å². The molecule has 0 atom stereocenters. The van der Waals surface area contributed by atoms with E-state index >= 15 is 0 Å². The number of aromatic amines is 1. The third-order valence-corrected chi connectivity index (χ3v) is 4.02. The van der Waals surface area contributed by atoms with Gasteiger partial charge in [-0.05, 0) is 6.08 Å². The second-order valence-corrected chi connectivity index (χ2v) is 5.71. The van der Waals surface area contributed by atoms with Gasteiger partial charge in [-0.3, -0.25) is 14.3 Å². The van der Waals surface area contributed by atoms with Crippen LogP contribution >= 0.6 is 22.9 Å². The summed E-state index contributed by atoms with van der Waals surface area (Å²) in [4.78, 5) is 18.7. The van der Waals surface area contributed by atoms with Crippen LogP contribution in [0.25, 0.3) is 11.0 Å². The fourth-order valence-corrected chi connectivity index (χ4v) is 2.92. The van der Waals surface area contributed by atoms with Crippen molar-refractivity contribution in [2.45, 2.75) is 6.54 Å². The van der Waals surface area contributed by atoms with Crippen molar-refractivity contribution in [1.29, 1.82) is 0 Å². The van der Waals surface area contributed by atoms with Gasteiger partial charge in [0.25, 0.3) is 0 Å². The summed E-state index contributed by atoms with van der Waals surface area (Å²) in [6.07, 6.45) is 8.50. The summed E-state index contributed by atoms with van der Waals surface area (Å²) in [5.74, 6) is -0.113. The quantitative estimate of drug-likeness (QED) is 0.751. The zero-order valence-electron chi connectivity index (χ0n) is 11.2. The van der Waals surface area contributed by atoms with Crippen LogP contribution in [0.3, 0.4) is 0 Å². The lowest BCUT2D eigenvalue weighted by atomic mass is 10.3. The number of fused-ring (bicyclic) bond motifs is 1. The van der Waals surface area contributed by atoms with E-state index < -0.39 is 0 Å². The largest absolute Gasteiger partial charge is 0.338 e. The summed E-state index contributed by atoms with van der Waals surface area (Å²) in [5.41, 5.74) is 1.65. The number of halogens is 1. The minimum atomic E-state index is -0.113. The van der Waals surface area contributed by atoms with Gasteiger partial charge in [0.2, 0.25) is 5.91 Å². The van der Waals surface area contributed by atoms with Gasteiger partial charge in [-0.2, -0.15) is 5.10 Å². The van der Waals surface area contributed by atoms with Crippen molar-refractivity contribution in [3.63, 3.8) is 0 Å². The van der Waals surface area contributed by atoms with Crippen LogP contribution in [0.4, 0.5) is 0 Å². The minimum absolute atomic E-state index is 0.113. The molecule has 3 rings (SSSR count). The van der Waals surface area contributed by atoms with Crippen LogP contribution in [0.1, 0.15) is 11.3 Å². The van der Waals surface area contributed by atoms with E-state index in [0.29, 0.717) is 17.4 Å². The van der Waals surface area contributed by atoms with Crippen molar-refractivity contribution in [3.8, 4) is 0 Å². The fourth-order valence-electron chi connectivity index (χ4n) is 1.92. The number of likely N-dealkylation sites (N-methyl/N-ethyl adjacent to an activating group) is 1. The molecule has 0 aliphatic heterocycles. The number of amides is 1. The lowest BCUT2D eigenvalue weighted by Crippen LogP contribution is -2.23. The minimum Gasteiger partial charge on any atom is -0.338 e. The van der Waals surface area contributed by atoms with Gasteiger partial charge < -0.3 is 4.90 Å². The average Bonchev–Trinajstić information content (AvgIpc) is 3.14. The van der Waals surface area contributed by atoms with Crippen LogP contribution in [-0.2, 0) is 11.3 Å². The van der Waals surface area contributed by atoms with Gasteiger partial charge in [-0.25, -0.2) is 4.98 Å². The molecule has 108 valence electrons. The number of H-pyrrole nitrogens is 1. The van der Waals surface area contributed by atoms with Gasteiger partial charge in [0.05, 0.1) is 11.9 Å². The van der Waals surface area contributed by atoms with E-state index in [2.05, 4.69) is 15.2 Å². The molecule has 6 nitrogen and oxygen atoms in total. The first-order valence-corrected chi connectivity index (χ1v) is 7.43. The summed E-state index contributed by atoms with van der Waals surface area (Å²) in [7, 11) is 1.73. The molecule has 3 aromatic heterocycles. The second kappa shape index (κ2) is 5.71. The molecule has 0 aliphatic carbocycles. The van der Waals surface area contributed by atoms with Gasteiger partial charge in [-0.15, -0.1) is 11.3 Å². The number of carbonyl (C=O) groups excluding carboxylic acids is 1. The van der Waals surface area contributed by atoms with Crippen molar-refractivity contribution in [3.05, 3.63) is 46.5 Å². The summed E-state index contributed by atoms with van der Waals surface area (Å²) in [6, 6.07) is 0. The Kier molecular flexibility index (Phi) is 3.76. The Hall–Kier alpha value is -2.12. The molecule has 1 N–H and O–H groups in total. The Morgan fingerprint density at radius 2 is 2.48 bits per heavy atom. The second-order valence-electron chi connectivity index (χ2n) is 4.48. The molecule has 0 spiro atoms. The highest BCUT2D eigenvalue weighted by Gasteiger charge is 2.10. The summed E-state index contributed by atoms with van der Waals surface area (Å²) in [5, 5.41) is 8.88. The normalized spacial score (nSPS) is 11.5. The molecular formula is C13H12ClN5OS. The smallest absolute Gasteiger partial charge is 0.246 e. The van der Waals surface area contributed by atoms with Gasteiger partial charge in [0.15, 0.2) is 10.1 Å². The van der Waals surface area contributed by atoms with E-state index in [1.807, 2.05) is 16.0 Å². The first-order chi connectivity index (χ1) is 10.1. The maximum atomic E-state index is 12.1. The Labute approximate surface area is 129 Å². The van der Waals surface area contributed by atoms with Crippen LogP contribution < -0.4 is 0 Å². The number of aromatic nitrogens is 4. The monoisotopic (exact) mass is 321 g/mol. The third-order valence-electron chi connectivity index (χ3n) is 2.99. The summed E-state index contributed by atoms with van der Waals surface area (Å²) < 4.78 is 1.85. The van der Waals surface area contributed by atoms with E-state index in [4.69, 9.17) is 11.6 Å². The van der Waals surface area contributed by atoms with Crippen molar-refractivity contribution in [2.75, 3.05) is 7.05 Å². The van der Waals surface area contributed by atoms with Crippen LogP contribution in [0.15, 0.2) is 30.0 Å². The molecule has 0 aliphatic rings. The molecule has 0 unspecified atom stereocenters. The van der Waals surface area contributed by atoms with Gasteiger partial charge in [-0.1, -0.05) is 11.6 Å². The number of imidazole rings is 1. The molecule has 3 heterocycles. The van der Waals surface area contributed by atoms with Gasteiger partial charge in [0.1, 0.15) is 0 Å². The molecule has 1 amide bonds. The highest BCUT2D eigenvalue weighted by molar-refractivity contribution is 7.15. The Balaban J connectivity index is 1.74. The van der Waals surface area contributed by atoms with E-state index in [1.54, 1.807) is 30.4 Å². The Morgan fingerprint density at radius 1 is 1.62 bits per heavy atom. The highest BCUT2D eigenvalue weighted by Crippen LogP contribution is 2.22. The first-order valence-electron chi connectivity index (χ1n) is 6.17. The number of hydrogen-bond acceptors (Lipinski definition) is 4. The van der Waals surface area contributed by atoms with Crippen LogP contribution in [0.2, 0.25) is 5.15 Å². The first kappa shape index (κ1) is 13.8. The Morgan fingerprint density at radius 3 is 3.24 bits per heavy atom. The van der Waals surface area contributed by atoms with Gasteiger partial charge >= 0.3 is 0 Å². The number of hydrogen-bond donors (Lipinski definition) is 1. The maximum absolute atomic E-state index is 12.1. The zero-order chi connectivity index (χ0) is 14.8. The predicted octanol–water partition coefficient (Wildman–Crippen LogP) is 2.44. The van der Waals surface area contributed by atoms with Crippen molar-refractivity contribution >= 4 is 39.9 Å². The third kappa shape index (κ3) is 2.84. The molecule has 0 radical (unpaired) electrons. The molecule has 0 bridgehead atoms. The topological polar surface area (TPSA) is 66.3 Å². The van der Waals surface area contributed by atoms with Crippen molar-refractivity contribution in [1.82, 2.24) is 24.5 Å². The SMILES string of the molecule is CN(Cc1cn[nH]c1)C(=O)C=Cc1c(Cl)nc2sccn12. The predicted molar refractivity (Wildman–Crippen MR) is 82.2 cm³/mol.